The van der Waals surface area contributed by atoms with Gasteiger partial charge in [-0.05, 0) is 23.6 Å². The Hall–Kier alpha value is -1.55. The van der Waals surface area contributed by atoms with E-state index < -0.39 is 0 Å². The van der Waals surface area contributed by atoms with E-state index in [0.29, 0.717) is 5.69 Å². The molecule has 0 aliphatic heterocycles. The molecule has 1 aromatic rings. The van der Waals surface area contributed by atoms with Gasteiger partial charge < -0.3 is 16.2 Å². The third kappa shape index (κ3) is 4.44. The summed E-state index contributed by atoms with van der Waals surface area (Å²) in [6.07, 6.45) is 0.286. The van der Waals surface area contributed by atoms with Gasteiger partial charge in [-0.1, -0.05) is 26.0 Å². The Balaban J connectivity index is 2.55. The lowest BCUT2D eigenvalue weighted by atomic mass is 10.0. The summed E-state index contributed by atoms with van der Waals surface area (Å²) in [5.74, 6) is 0.119. The van der Waals surface area contributed by atoms with Crippen LogP contribution in [0.15, 0.2) is 24.3 Å². The molecular weight excluding hydrogens is 216 g/mol. The number of carbonyl (C=O) groups excluding carboxylic acids is 1. The quantitative estimate of drug-likeness (QED) is 0.666. The van der Waals surface area contributed by atoms with Gasteiger partial charge in [-0.3, -0.25) is 4.79 Å². The van der Waals surface area contributed by atoms with Crippen LogP contribution in [0.2, 0.25) is 0 Å². The van der Waals surface area contributed by atoms with Crippen LogP contribution in [0.3, 0.4) is 0 Å². The summed E-state index contributed by atoms with van der Waals surface area (Å²) in [6, 6.07) is 7.06. The molecule has 17 heavy (non-hydrogen) atoms. The zero-order valence-electron chi connectivity index (χ0n) is 10.3. The van der Waals surface area contributed by atoms with Gasteiger partial charge in [0, 0.05) is 5.69 Å². The van der Waals surface area contributed by atoms with Gasteiger partial charge >= 0.3 is 0 Å². The van der Waals surface area contributed by atoms with Gasteiger partial charge in [-0.15, -0.1) is 0 Å². The molecule has 0 radical (unpaired) electrons. The Labute approximate surface area is 102 Å². The van der Waals surface area contributed by atoms with E-state index in [4.69, 9.17) is 10.8 Å². The van der Waals surface area contributed by atoms with Gasteiger partial charge in [0.2, 0.25) is 5.91 Å². The maximum Gasteiger partial charge on any atom is 0.224 e. The molecule has 0 saturated carbocycles. The molecule has 0 aliphatic carbocycles. The number of amides is 1. The number of hydrogen-bond donors (Lipinski definition) is 3. The molecule has 0 aliphatic rings. The highest BCUT2D eigenvalue weighted by Crippen LogP contribution is 2.08. The second kappa shape index (κ2) is 6.25. The highest BCUT2D eigenvalue weighted by molar-refractivity contribution is 5.79. The number of nitrogens with two attached hydrogens (primary N) is 1. The number of aliphatic hydroxyl groups is 1. The largest absolute Gasteiger partial charge is 0.399 e. The standard InChI is InChI=1S/C13H20N2O2/c1-9(2)12(8-16)15-13(17)7-10-4-3-5-11(14)6-10/h3-6,9,12,16H,7-8,14H2,1-2H3,(H,15,17)/t12-/m1/s1. The molecule has 4 N–H and O–H groups in total. The van der Waals surface area contributed by atoms with Gasteiger partial charge in [0.25, 0.3) is 0 Å². The Bertz CT molecular complexity index is 377. The normalized spacial score (nSPS) is 12.5. The van der Waals surface area contributed by atoms with Crippen LogP contribution in [0.5, 0.6) is 0 Å². The number of hydrogen-bond acceptors (Lipinski definition) is 3. The number of carbonyl (C=O) groups is 1. The second-order valence-corrected chi connectivity index (χ2v) is 4.52. The first-order valence-electron chi connectivity index (χ1n) is 5.77. The zero-order chi connectivity index (χ0) is 12.8. The molecule has 0 bridgehead atoms. The number of rotatable bonds is 5. The van der Waals surface area contributed by atoms with E-state index in [2.05, 4.69) is 5.32 Å². The number of aliphatic hydroxyl groups excluding tert-OH is 1. The van der Waals surface area contributed by atoms with Crippen LogP contribution in [0.1, 0.15) is 19.4 Å². The average Bonchev–Trinajstić information content (AvgIpc) is 2.25. The molecule has 0 aromatic heterocycles. The third-order valence-electron chi connectivity index (χ3n) is 2.66. The molecule has 4 heteroatoms. The second-order valence-electron chi connectivity index (χ2n) is 4.52. The first-order valence-corrected chi connectivity index (χ1v) is 5.77. The lowest BCUT2D eigenvalue weighted by Gasteiger charge is -2.19. The summed E-state index contributed by atoms with van der Waals surface area (Å²) in [5, 5.41) is 11.9. The van der Waals surface area contributed by atoms with E-state index in [9.17, 15) is 4.79 Å². The van der Waals surface area contributed by atoms with E-state index in [1.165, 1.54) is 0 Å². The monoisotopic (exact) mass is 236 g/mol. The summed E-state index contributed by atoms with van der Waals surface area (Å²) < 4.78 is 0. The fourth-order valence-corrected chi connectivity index (χ4v) is 1.57. The first-order chi connectivity index (χ1) is 8.02. The minimum Gasteiger partial charge on any atom is -0.399 e. The van der Waals surface area contributed by atoms with Crippen LogP contribution < -0.4 is 11.1 Å². The van der Waals surface area contributed by atoms with Crippen molar-refractivity contribution in [3.8, 4) is 0 Å². The zero-order valence-corrected chi connectivity index (χ0v) is 10.3. The maximum absolute atomic E-state index is 11.7. The van der Waals surface area contributed by atoms with Crippen molar-refractivity contribution in [2.75, 3.05) is 12.3 Å². The molecule has 1 amide bonds. The number of benzene rings is 1. The van der Waals surface area contributed by atoms with Crippen molar-refractivity contribution in [2.45, 2.75) is 26.3 Å². The fourth-order valence-electron chi connectivity index (χ4n) is 1.57. The molecule has 1 atom stereocenters. The molecule has 0 heterocycles. The average molecular weight is 236 g/mol. The van der Waals surface area contributed by atoms with Gasteiger partial charge in [0.05, 0.1) is 19.1 Å². The summed E-state index contributed by atoms with van der Waals surface area (Å²) in [4.78, 5) is 11.7. The van der Waals surface area contributed by atoms with Gasteiger partial charge in [0.15, 0.2) is 0 Å². The molecule has 1 aromatic carbocycles. The molecule has 0 spiro atoms. The molecule has 0 saturated heterocycles. The minimum absolute atomic E-state index is 0.0413. The van der Waals surface area contributed by atoms with Crippen molar-refractivity contribution in [3.05, 3.63) is 29.8 Å². The van der Waals surface area contributed by atoms with E-state index in [-0.39, 0.29) is 30.9 Å². The van der Waals surface area contributed by atoms with Crippen LogP contribution >= 0.6 is 0 Å². The highest BCUT2D eigenvalue weighted by Gasteiger charge is 2.14. The Morgan fingerprint density at radius 3 is 2.71 bits per heavy atom. The molecule has 4 nitrogen and oxygen atoms in total. The number of anilines is 1. The van der Waals surface area contributed by atoms with Gasteiger partial charge in [-0.25, -0.2) is 0 Å². The Morgan fingerprint density at radius 2 is 2.18 bits per heavy atom. The van der Waals surface area contributed by atoms with Crippen LogP contribution in [0.4, 0.5) is 5.69 Å². The van der Waals surface area contributed by atoms with Crippen molar-refractivity contribution in [3.63, 3.8) is 0 Å². The molecular formula is C13H20N2O2. The SMILES string of the molecule is CC(C)[C@@H](CO)NC(=O)Cc1cccc(N)c1. The topological polar surface area (TPSA) is 75.3 Å². The smallest absolute Gasteiger partial charge is 0.224 e. The molecule has 1 rings (SSSR count). The van der Waals surface area contributed by atoms with Gasteiger partial charge in [0.1, 0.15) is 0 Å². The van der Waals surface area contributed by atoms with E-state index >= 15 is 0 Å². The van der Waals surface area contributed by atoms with E-state index in [1.807, 2.05) is 26.0 Å². The van der Waals surface area contributed by atoms with Crippen molar-refractivity contribution in [2.24, 2.45) is 5.92 Å². The predicted octanol–water partition coefficient (Wildman–Crippen LogP) is 0.944. The summed E-state index contributed by atoms with van der Waals surface area (Å²) >= 11 is 0. The lowest BCUT2D eigenvalue weighted by Crippen LogP contribution is -2.41. The Kier molecular flexibility index (Phi) is 4.97. The van der Waals surface area contributed by atoms with Gasteiger partial charge in [-0.2, -0.15) is 0 Å². The van der Waals surface area contributed by atoms with E-state index in [0.717, 1.165) is 5.56 Å². The molecule has 94 valence electrons. The number of nitrogen functional groups attached to an aromatic ring is 1. The summed E-state index contributed by atoms with van der Waals surface area (Å²) in [7, 11) is 0. The molecule has 0 unspecified atom stereocenters. The fraction of sp³-hybridized carbons (Fsp3) is 0.462. The summed E-state index contributed by atoms with van der Waals surface area (Å²) in [5.41, 5.74) is 7.17. The molecule has 0 fully saturated rings. The minimum atomic E-state index is -0.191. The highest BCUT2D eigenvalue weighted by atomic mass is 16.3. The third-order valence-corrected chi connectivity index (χ3v) is 2.66. The van der Waals surface area contributed by atoms with Crippen LogP contribution in [-0.4, -0.2) is 23.7 Å². The lowest BCUT2D eigenvalue weighted by molar-refractivity contribution is -0.121. The van der Waals surface area contributed by atoms with E-state index in [1.54, 1.807) is 12.1 Å². The van der Waals surface area contributed by atoms with Crippen molar-refractivity contribution in [1.82, 2.24) is 5.32 Å². The maximum atomic E-state index is 11.7. The van der Waals surface area contributed by atoms with Crippen LogP contribution in [0.25, 0.3) is 0 Å². The van der Waals surface area contributed by atoms with Crippen LogP contribution in [-0.2, 0) is 11.2 Å². The van der Waals surface area contributed by atoms with Crippen molar-refractivity contribution < 1.29 is 9.90 Å². The van der Waals surface area contributed by atoms with Crippen LogP contribution in [0, 0.1) is 5.92 Å². The first kappa shape index (κ1) is 13.5. The number of nitrogens with one attached hydrogen (secondary N) is 1. The summed E-state index contributed by atoms with van der Waals surface area (Å²) in [6.45, 7) is 3.88. The predicted molar refractivity (Wildman–Crippen MR) is 68.4 cm³/mol. The van der Waals surface area contributed by atoms with Crippen molar-refractivity contribution >= 4 is 11.6 Å². The Morgan fingerprint density at radius 1 is 1.47 bits per heavy atom. The van der Waals surface area contributed by atoms with Crippen molar-refractivity contribution in [1.29, 1.82) is 0 Å².